The monoisotopic (exact) mass is 563 g/mol. The van der Waals surface area contributed by atoms with Crippen molar-refractivity contribution in [3.05, 3.63) is 60.2 Å². The highest BCUT2D eigenvalue weighted by Gasteiger charge is 2.27. The first-order valence-corrected chi connectivity index (χ1v) is 14.7. The van der Waals surface area contributed by atoms with Crippen molar-refractivity contribution in [1.82, 2.24) is 19.4 Å². The van der Waals surface area contributed by atoms with Gasteiger partial charge in [0, 0.05) is 71.5 Å². The molecule has 0 aromatic heterocycles. The average Bonchev–Trinajstić information content (AvgIpc) is 2.81. The second-order valence-electron chi connectivity index (χ2n) is 8.11. The molecule has 8 nitrogen and oxygen atoms in total. The predicted octanol–water partition coefficient (Wildman–Crippen LogP) is 1.66. The molecule has 2 fully saturated rings. The predicted molar refractivity (Wildman–Crippen MR) is 138 cm³/mol. The van der Waals surface area contributed by atoms with Gasteiger partial charge >= 0.3 is 0 Å². The minimum atomic E-state index is -3.71. The van der Waals surface area contributed by atoms with Gasteiger partial charge in [-0.05, 0) is 62.6 Å². The summed E-state index contributed by atoms with van der Waals surface area (Å²) in [5, 5.41) is 3.27. The number of hydrogen-bond donors (Lipinski definition) is 1. The Morgan fingerprint density at radius 1 is 0.694 bits per heavy atom. The molecule has 199 valence electrons. The summed E-state index contributed by atoms with van der Waals surface area (Å²) in [6, 6.07) is 9.25. The van der Waals surface area contributed by atoms with Crippen LogP contribution in [-0.4, -0.2) is 106 Å². The summed E-state index contributed by atoms with van der Waals surface area (Å²) in [7, 11) is 1.90. The lowest BCUT2D eigenvalue weighted by Crippen LogP contribution is -2.46. The van der Waals surface area contributed by atoms with Gasteiger partial charge in [-0.3, -0.25) is 0 Å². The maximum Gasteiger partial charge on any atom is 0.261 e. The molecule has 2 aliphatic rings. The second kappa shape index (κ2) is 15.0. The van der Waals surface area contributed by atoms with E-state index in [0.29, 0.717) is 13.1 Å². The van der Waals surface area contributed by atoms with Gasteiger partial charge in [-0.15, -0.1) is 0 Å². The Balaban J connectivity index is 0.000000293. The Hall–Kier alpha value is -1.61. The summed E-state index contributed by atoms with van der Waals surface area (Å²) >= 11 is 0. The van der Waals surface area contributed by atoms with E-state index >= 15 is 0 Å². The zero-order chi connectivity index (χ0) is 26.1. The molecule has 2 aliphatic heterocycles. The summed E-state index contributed by atoms with van der Waals surface area (Å²) in [5.74, 6) is -0.920. The highest BCUT2D eigenvalue weighted by molar-refractivity contribution is 8.13. The molecule has 14 heteroatoms. The van der Waals surface area contributed by atoms with Crippen LogP contribution in [0.15, 0.2) is 58.3 Å². The standard InChI is InChI=1S/C11H15FN2O2S.C6H4ClFO2S.C5H12N2.B/c1-13-6-8-14(9-7-13)17(15,16)11-4-2-10(12)3-5-11;7-11(9,10)6-3-1-5(8)2-4-6;1-7-4-2-6-3-5-7;/h2-5H,6-9H2,1H3;1-4H;6H,2-5H2,1H3;. The summed E-state index contributed by atoms with van der Waals surface area (Å²) in [5.41, 5.74) is 0. The zero-order valence-electron chi connectivity index (χ0n) is 20.3. The van der Waals surface area contributed by atoms with Gasteiger partial charge in [-0.2, -0.15) is 4.31 Å². The fraction of sp³-hybridized carbons (Fsp3) is 0.455. The zero-order valence-corrected chi connectivity index (χ0v) is 22.7. The fourth-order valence-electron chi connectivity index (χ4n) is 3.16. The largest absolute Gasteiger partial charge is 0.314 e. The minimum Gasteiger partial charge on any atom is -0.314 e. The normalized spacial score (nSPS) is 17.6. The molecule has 1 N–H and O–H groups in total. The third-order valence-electron chi connectivity index (χ3n) is 5.35. The number of sulfonamides is 1. The number of nitrogens with zero attached hydrogens (tertiary/aromatic N) is 3. The lowest BCUT2D eigenvalue weighted by Gasteiger charge is -2.31. The van der Waals surface area contributed by atoms with Crippen molar-refractivity contribution in [2.75, 3.05) is 66.5 Å². The average molecular weight is 564 g/mol. The van der Waals surface area contributed by atoms with E-state index in [1.54, 1.807) is 0 Å². The van der Waals surface area contributed by atoms with Crippen molar-refractivity contribution in [1.29, 1.82) is 0 Å². The highest BCUT2D eigenvalue weighted by Crippen LogP contribution is 2.17. The molecule has 0 spiro atoms. The van der Waals surface area contributed by atoms with Gasteiger partial charge in [0.15, 0.2) is 0 Å². The quantitative estimate of drug-likeness (QED) is 0.449. The van der Waals surface area contributed by atoms with Crippen LogP contribution in [0.5, 0.6) is 0 Å². The third-order valence-corrected chi connectivity index (χ3v) is 8.63. The number of nitrogens with one attached hydrogen (secondary N) is 1. The molecular weight excluding hydrogens is 533 g/mol. The van der Waals surface area contributed by atoms with Crippen LogP contribution < -0.4 is 5.32 Å². The van der Waals surface area contributed by atoms with E-state index in [2.05, 4.69) is 22.2 Å². The lowest BCUT2D eigenvalue weighted by molar-refractivity contribution is 0.222. The fourth-order valence-corrected chi connectivity index (χ4v) is 5.35. The molecule has 36 heavy (non-hydrogen) atoms. The number of hydrogen-bond acceptors (Lipinski definition) is 7. The summed E-state index contributed by atoms with van der Waals surface area (Å²) in [4.78, 5) is 4.47. The van der Waals surface area contributed by atoms with Crippen LogP contribution in [0.25, 0.3) is 0 Å². The molecule has 0 unspecified atom stereocenters. The van der Waals surface area contributed by atoms with Crippen LogP contribution in [0.4, 0.5) is 8.78 Å². The molecule has 0 bridgehead atoms. The van der Waals surface area contributed by atoms with E-state index in [1.807, 2.05) is 7.05 Å². The SMILES string of the molecule is CN1CCN(S(=O)(=O)c2ccc(F)cc2)CC1.CN1CCNCC1.O=S(=O)(Cl)c1ccc(F)cc1.[B]. The van der Waals surface area contributed by atoms with Crippen molar-refractivity contribution in [2.45, 2.75) is 9.79 Å². The van der Waals surface area contributed by atoms with Gasteiger partial charge in [0.1, 0.15) is 11.6 Å². The first-order chi connectivity index (χ1) is 16.4. The van der Waals surface area contributed by atoms with Crippen molar-refractivity contribution in [3.8, 4) is 0 Å². The van der Waals surface area contributed by atoms with Crippen molar-refractivity contribution in [2.24, 2.45) is 0 Å². The van der Waals surface area contributed by atoms with E-state index < -0.39 is 30.7 Å². The molecule has 0 saturated carbocycles. The third kappa shape index (κ3) is 10.8. The first-order valence-electron chi connectivity index (χ1n) is 10.9. The van der Waals surface area contributed by atoms with Crippen LogP contribution in [-0.2, 0) is 19.1 Å². The van der Waals surface area contributed by atoms with Crippen LogP contribution in [0.2, 0.25) is 0 Å². The van der Waals surface area contributed by atoms with Gasteiger partial charge in [0.2, 0.25) is 10.0 Å². The molecule has 0 aliphatic carbocycles. The Bertz CT molecular complexity index is 1130. The van der Waals surface area contributed by atoms with E-state index in [-0.39, 0.29) is 18.2 Å². The van der Waals surface area contributed by atoms with E-state index in [1.165, 1.54) is 41.7 Å². The van der Waals surface area contributed by atoms with Gasteiger partial charge < -0.3 is 15.1 Å². The molecule has 0 amide bonds. The smallest absolute Gasteiger partial charge is 0.261 e. The van der Waals surface area contributed by atoms with E-state index in [0.717, 1.165) is 50.4 Å². The molecule has 3 radical (unpaired) electrons. The van der Waals surface area contributed by atoms with Gasteiger partial charge in [-0.25, -0.2) is 25.6 Å². The molecule has 2 aromatic rings. The molecule has 4 rings (SSSR count). The van der Waals surface area contributed by atoms with Gasteiger partial charge in [0.25, 0.3) is 9.05 Å². The summed E-state index contributed by atoms with van der Waals surface area (Å²) in [6.45, 7) is 7.15. The van der Waals surface area contributed by atoms with Crippen LogP contribution >= 0.6 is 10.7 Å². The maximum atomic E-state index is 12.8. The minimum absolute atomic E-state index is 0. The Kier molecular flexibility index (Phi) is 13.5. The Morgan fingerprint density at radius 2 is 1.08 bits per heavy atom. The molecular formula is C22H31BClF2N4O4S2. The molecule has 0 atom stereocenters. The van der Waals surface area contributed by atoms with Crippen molar-refractivity contribution < 1.29 is 25.6 Å². The topological polar surface area (TPSA) is 90.0 Å². The number of halogens is 3. The first kappa shape index (κ1) is 32.4. The highest BCUT2D eigenvalue weighted by atomic mass is 35.7. The van der Waals surface area contributed by atoms with Crippen molar-refractivity contribution >= 4 is 38.2 Å². The van der Waals surface area contributed by atoms with Crippen LogP contribution in [0.3, 0.4) is 0 Å². The number of piperazine rings is 2. The van der Waals surface area contributed by atoms with Crippen LogP contribution in [0.1, 0.15) is 0 Å². The van der Waals surface area contributed by atoms with Crippen molar-refractivity contribution in [3.63, 3.8) is 0 Å². The van der Waals surface area contributed by atoms with Gasteiger partial charge in [-0.1, -0.05) is 0 Å². The van der Waals surface area contributed by atoms with E-state index in [9.17, 15) is 25.6 Å². The summed E-state index contributed by atoms with van der Waals surface area (Å²) < 4.78 is 72.0. The lowest BCUT2D eigenvalue weighted by atomic mass is 10.4. The number of likely N-dealkylation sites (N-methyl/N-ethyl adjacent to an activating group) is 2. The molecule has 2 heterocycles. The Morgan fingerprint density at radius 3 is 1.44 bits per heavy atom. The number of benzene rings is 2. The maximum absolute atomic E-state index is 12.8. The van der Waals surface area contributed by atoms with Gasteiger partial charge in [0.05, 0.1) is 9.79 Å². The molecule has 2 saturated heterocycles. The second-order valence-corrected chi connectivity index (χ2v) is 12.6. The summed E-state index contributed by atoms with van der Waals surface area (Å²) in [6.07, 6.45) is 0. The van der Waals surface area contributed by atoms with E-state index in [4.69, 9.17) is 10.7 Å². The Labute approximate surface area is 219 Å². The number of rotatable bonds is 3. The van der Waals surface area contributed by atoms with Crippen LogP contribution in [0, 0.1) is 11.6 Å². The molecule has 2 aromatic carbocycles.